The van der Waals surface area contributed by atoms with E-state index in [1.165, 1.54) is 23.3 Å². The van der Waals surface area contributed by atoms with Crippen molar-refractivity contribution in [3.63, 3.8) is 0 Å². The van der Waals surface area contributed by atoms with Crippen LogP contribution in [0.1, 0.15) is 37.4 Å². The van der Waals surface area contributed by atoms with Crippen molar-refractivity contribution in [1.82, 2.24) is 0 Å². The van der Waals surface area contributed by atoms with Gasteiger partial charge in [0.05, 0.1) is 5.97 Å². The Kier molecular flexibility index (Phi) is 3.01. The minimum absolute atomic E-state index is 0.0687. The Hall–Kier alpha value is -2.94. The van der Waals surface area contributed by atoms with Crippen molar-refractivity contribution in [3.05, 3.63) is 82.4 Å². The normalized spacial score (nSPS) is 12.5. The van der Waals surface area contributed by atoms with Crippen LogP contribution in [-0.4, -0.2) is 11.8 Å². The maximum Gasteiger partial charge on any atom is 0.194 e. The molecule has 0 unspecified atom stereocenters. The van der Waals surface area contributed by atoms with Crippen LogP contribution in [-0.2, 0) is 12.8 Å². The molecule has 0 N–H and O–H groups in total. The summed E-state index contributed by atoms with van der Waals surface area (Å²) in [5.41, 5.74) is 3.15. The van der Waals surface area contributed by atoms with E-state index in [9.17, 15) is 14.7 Å². The fourth-order valence-electron chi connectivity index (χ4n) is 3.45. The van der Waals surface area contributed by atoms with Crippen LogP contribution in [0.3, 0.4) is 0 Å². The second kappa shape index (κ2) is 5.06. The van der Waals surface area contributed by atoms with E-state index in [1.54, 1.807) is 18.2 Å². The summed E-state index contributed by atoms with van der Waals surface area (Å²) in [4.78, 5) is 24.2. The van der Waals surface area contributed by atoms with Crippen LogP contribution in [0, 0.1) is 0 Å². The Morgan fingerprint density at radius 1 is 0.739 bits per heavy atom. The quantitative estimate of drug-likeness (QED) is 0.699. The molecule has 3 nitrogen and oxygen atoms in total. The van der Waals surface area contributed by atoms with E-state index in [0.29, 0.717) is 5.56 Å². The third-order valence-electron chi connectivity index (χ3n) is 4.51. The highest BCUT2D eigenvalue weighted by molar-refractivity contribution is 6.20. The first-order valence-electron chi connectivity index (χ1n) is 7.55. The summed E-state index contributed by atoms with van der Waals surface area (Å²) in [7, 11) is 0. The molecule has 0 saturated heterocycles. The maximum absolute atomic E-state index is 12.9. The summed E-state index contributed by atoms with van der Waals surface area (Å²) in [5, 5.41) is 13.3. The predicted octanol–water partition coefficient (Wildman–Crippen LogP) is 2.53. The Bertz CT molecular complexity index is 960. The Morgan fingerprint density at radius 3 is 2.17 bits per heavy atom. The summed E-state index contributed by atoms with van der Waals surface area (Å²) in [6.45, 7) is 0. The summed E-state index contributed by atoms with van der Waals surface area (Å²) in [5.74, 6) is -1.61. The molecule has 0 fully saturated rings. The van der Waals surface area contributed by atoms with Gasteiger partial charge in [0.15, 0.2) is 5.78 Å². The van der Waals surface area contributed by atoms with Crippen molar-refractivity contribution in [1.29, 1.82) is 0 Å². The van der Waals surface area contributed by atoms with Crippen LogP contribution in [0.5, 0.6) is 0 Å². The molecule has 23 heavy (non-hydrogen) atoms. The number of aromatic carboxylic acids is 1. The lowest BCUT2D eigenvalue weighted by Crippen LogP contribution is -2.25. The molecule has 0 bridgehead atoms. The number of carbonyl (C=O) groups is 2. The first-order valence-corrected chi connectivity index (χ1v) is 7.55. The lowest BCUT2D eigenvalue weighted by atomic mass is 9.92. The second-order valence-corrected chi connectivity index (χ2v) is 5.77. The van der Waals surface area contributed by atoms with Crippen molar-refractivity contribution in [2.45, 2.75) is 12.8 Å². The zero-order valence-electron chi connectivity index (χ0n) is 12.3. The SMILES string of the molecule is O=C([O-])c1ccccc1C(=O)c1ccc2c3c(cccc13)CC2. The predicted molar refractivity (Wildman–Crippen MR) is 85.6 cm³/mol. The molecule has 0 spiro atoms. The van der Waals surface area contributed by atoms with E-state index in [0.717, 1.165) is 23.6 Å². The molecule has 0 radical (unpaired) electrons. The summed E-state index contributed by atoms with van der Waals surface area (Å²) >= 11 is 0. The average Bonchev–Trinajstić information content (AvgIpc) is 3.00. The molecule has 112 valence electrons. The largest absolute Gasteiger partial charge is 0.545 e. The monoisotopic (exact) mass is 301 g/mol. The molecule has 4 rings (SSSR count). The molecule has 0 heterocycles. The molecule has 1 aliphatic carbocycles. The molecule has 0 aliphatic heterocycles. The number of carboxylic acid groups (broad SMARTS) is 1. The Morgan fingerprint density at radius 2 is 1.43 bits per heavy atom. The van der Waals surface area contributed by atoms with Gasteiger partial charge in [-0.15, -0.1) is 0 Å². The van der Waals surface area contributed by atoms with Gasteiger partial charge in [0.25, 0.3) is 0 Å². The molecule has 0 aromatic heterocycles. The number of carboxylic acids is 1. The van der Waals surface area contributed by atoms with Crippen LogP contribution < -0.4 is 5.11 Å². The number of aryl methyl sites for hydroxylation is 2. The molecule has 0 atom stereocenters. The number of benzene rings is 3. The van der Waals surface area contributed by atoms with Gasteiger partial charge >= 0.3 is 0 Å². The zero-order chi connectivity index (χ0) is 16.0. The summed E-state index contributed by atoms with van der Waals surface area (Å²) < 4.78 is 0. The number of carbonyl (C=O) groups excluding carboxylic acids is 2. The van der Waals surface area contributed by atoms with Crippen molar-refractivity contribution >= 4 is 22.5 Å². The van der Waals surface area contributed by atoms with E-state index in [4.69, 9.17) is 0 Å². The van der Waals surface area contributed by atoms with E-state index in [-0.39, 0.29) is 16.9 Å². The topological polar surface area (TPSA) is 57.2 Å². The van der Waals surface area contributed by atoms with Crippen LogP contribution >= 0.6 is 0 Å². The van der Waals surface area contributed by atoms with Crippen LogP contribution in [0.15, 0.2) is 54.6 Å². The lowest BCUT2D eigenvalue weighted by Gasteiger charge is -2.12. The first kappa shape index (κ1) is 13.7. The van der Waals surface area contributed by atoms with Gasteiger partial charge in [-0.1, -0.05) is 54.6 Å². The molecule has 3 heteroatoms. The van der Waals surface area contributed by atoms with Crippen molar-refractivity contribution in [3.8, 4) is 0 Å². The molecule has 3 aromatic rings. The van der Waals surface area contributed by atoms with E-state index in [2.05, 4.69) is 6.07 Å². The highest BCUT2D eigenvalue weighted by atomic mass is 16.4. The van der Waals surface area contributed by atoms with Gasteiger partial charge < -0.3 is 9.90 Å². The maximum atomic E-state index is 12.9. The summed E-state index contributed by atoms with van der Waals surface area (Å²) in [6, 6.07) is 16.0. The van der Waals surface area contributed by atoms with Gasteiger partial charge in [-0.05, 0) is 34.7 Å². The lowest BCUT2D eigenvalue weighted by molar-refractivity contribution is -0.255. The van der Waals surface area contributed by atoms with Gasteiger partial charge in [-0.3, -0.25) is 4.79 Å². The fraction of sp³-hybridized carbons (Fsp3) is 0.100. The smallest absolute Gasteiger partial charge is 0.194 e. The highest BCUT2D eigenvalue weighted by Crippen LogP contribution is 2.33. The highest BCUT2D eigenvalue weighted by Gasteiger charge is 2.21. The minimum atomic E-state index is -1.33. The van der Waals surface area contributed by atoms with Gasteiger partial charge in [-0.25, -0.2) is 0 Å². The van der Waals surface area contributed by atoms with Gasteiger partial charge in [0.2, 0.25) is 0 Å². The van der Waals surface area contributed by atoms with Gasteiger partial charge in [0.1, 0.15) is 0 Å². The van der Waals surface area contributed by atoms with Gasteiger partial charge in [0, 0.05) is 16.7 Å². The number of ketones is 1. The summed E-state index contributed by atoms with van der Waals surface area (Å²) in [6.07, 6.45) is 1.97. The molecular formula is C20H13O3-. The van der Waals surface area contributed by atoms with E-state index in [1.807, 2.05) is 18.2 Å². The average molecular weight is 301 g/mol. The number of rotatable bonds is 3. The van der Waals surface area contributed by atoms with Crippen LogP contribution in [0.25, 0.3) is 10.8 Å². The molecule has 3 aromatic carbocycles. The van der Waals surface area contributed by atoms with Crippen molar-refractivity contribution in [2.75, 3.05) is 0 Å². The zero-order valence-corrected chi connectivity index (χ0v) is 12.3. The van der Waals surface area contributed by atoms with Crippen LogP contribution in [0.2, 0.25) is 0 Å². The standard InChI is InChI=1S/C20H14O3/c21-19(15-5-1-2-6-17(15)20(22)23)16-11-10-13-9-8-12-4-3-7-14(16)18(12)13/h1-7,10-11H,8-9H2,(H,22,23)/p-1. The third kappa shape index (κ3) is 2.05. The third-order valence-corrected chi connectivity index (χ3v) is 4.51. The van der Waals surface area contributed by atoms with Gasteiger partial charge in [-0.2, -0.15) is 0 Å². The number of hydrogen-bond acceptors (Lipinski definition) is 3. The van der Waals surface area contributed by atoms with Crippen LogP contribution in [0.4, 0.5) is 0 Å². The Balaban J connectivity index is 1.95. The van der Waals surface area contributed by atoms with E-state index < -0.39 is 5.97 Å². The van der Waals surface area contributed by atoms with Crippen molar-refractivity contribution < 1.29 is 14.7 Å². The first-order chi connectivity index (χ1) is 11.2. The van der Waals surface area contributed by atoms with E-state index >= 15 is 0 Å². The second-order valence-electron chi connectivity index (χ2n) is 5.77. The molecular weight excluding hydrogens is 288 g/mol. The Labute approximate surface area is 133 Å². The minimum Gasteiger partial charge on any atom is -0.545 e. The molecule has 1 aliphatic rings. The number of hydrogen-bond donors (Lipinski definition) is 0. The van der Waals surface area contributed by atoms with Crippen molar-refractivity contribution in [2.24, 2.45) is 0 Å². The molecule has 0 saturated carbocycles. The fourth-order valence-corrected chi connectivity index (χ4v) is 3.45. The molecule has 0 amide bonds.